The van der Waals surface area contributed by atoms with Gasteiger partial charge in [0.25, 0.3) is 0 Å². The summed E-state index contributed by atoms with van der Waals surface area (Å²) >= 11 is 3.41. The lowest BCUT2D eigenvalue weighted by Gasteiger charge is -2.24. The first kappa shape index (κ1) is 10.5. The smallest absolute Gasteiger partial charge is 0.405 e. The Kier molecular flexibility index (Phi) is 2.95. The number of benzene rings is 1. The lowest BCUT2D eigenvalue weighted by Crippen LogP contribution is -2.20. The van der Waals surface area contributed by atoms with Gasteiger partial charge in [-0.05, 0) is 42.5 Å². The van der Waals surface area contributed by atoms with Crippen LogP contribution in [0.1, 0.15) is 30.1 Å². The zero-order valence-electron chi connectivity index (χ0n) is 8.20. The molecule has 15 heavy (non-hydrogen) atoms. The van der Waals surface area contributed by atoms with Crippen LogP contribution in [-0.2, 0) is 11.2 Å². The SMILES string of the molecule is NC(=O)OC1CCCc2ccc(Br)cc21. The van der Waals surface area contributed by atoms with E-state index in [0.29, 0.717) is 0 Å². The molecule has 1 aliphatic rings. The first-order chi connectivity index (χ1) is 7.16. The van der Waals surface area contributed by atoms with Gasteiger partial charge in [0.05, 0.1) is 0 Å². The van der Waals surface area contributed by atoms with E-state index in [9.17, 15) is 4.79 Å². The zero-order valence-corrected chi connectivity index (χ0v) is 9.79. The molecule has 1 aliphatic carbocycles. The van der Waals surface area contributed by atoms with Gasteiger partial charge in [-0.15, -0.1) is 0 Å². The van der Waals surface area contributed by atoms with Crippen molar-refractivity contribution in [3.8, 4) is 0 Å². The van der Waals surface area contributed by atoms with Crippen molar-refractivity contribution < 1.29 is 9.53 Å². The van der Waals surface area contributed by atoms with Crippen LogP contribution in [0.3, 0.4) is 0 Å². The van der Waals surface area contributed by atoms with Crippen molar-refractivity contribution in [2.24, 2.45) is 5.73 Å². The molecule has 0 aliphatic heterocycles. The number of aryl methyl sites for hydroxylation is 1. The van der Waals surface area contributed by atoms with Gasteiger partial charge >= 0.3 is 6.09 Å². The summed E-state index contributed by atoms with van der Waals surface area (Å²) in [5, 5.41) is 0. The third-order valence-electron chi connectivity index (χ3n) is 2.63. The molecule has 1 atom stereocenters. The molecule has 0 saturated heterocycles. The van der Waals surface area contributed by atoms with Gasteiger partial charge in [-0.3, -0.25) is 0 Å². The lowest BCUT2D eigenvalue weighted by molar-refractivity contribution is 0.0959. The van der Waals surface area contributed by atoms with E-state index in [4.69, 9.17) is 10.5 Å². The van der Waals surface area contributed by atoms with Gasteiger partial charge in [0.2, 0.25) is 0 Å². The summed E-state index contributed by atoms with van der Waals surface area (Å²) in [7, 11) is 0. The summed E-state index contributed by atoms with van der Waals surface area (Å²) in [6.07, 6.45) is 2.05. The molecule has 4 heteroatoms. The monoisotopic (exact) mass is 269 g/mol. The van der Waals surface area contributed by atoms with Crippen LogP contribution >= 0.6 is 15.9 Å². The van der Waals surface area contributed by atoms with E-state index >= 15 is 0 Å². The van der Waals surface area contributed by atoms with Crippen molar-refractivity contribution in [3.63, 3.8) is 0 Å². The largest absolute Gasteiger partial charge is 0.442 e. The molecule has 0 radical (unpaired) electrons. The Bertz CT molecular complexity index is 392. The molecule has 3 nitrogen and oxygen atoms in total. The molecular weight excluding hydrogens is 258 g/mol. The second-order valence-corrected chi connectivity index (χ2v) is 4.58. The fraction of sp³-hybridized carbons (Fsp3) is 0.364. The van der Waals surface area contributed by atoms with Gasteiger partial charge in [0.15, 0.2) is 0 Å². The molecule has 0 heterocycles. The van der Waals surface area contributed by atoms with Crippen molar-refractivity contribution >= 4 is 22.0 Å². The van der Waals surface area contributed by atoms with Crippen molar-refractivity contribution in [1.82, 2.24) is 0 Å². The average Bonchev–Trinajstić information content (AvgIpc) is 2.18. The van der Waals surface area contributed by atoms with Crippen LogP contribution in [0.25, 0.3) is 0 Å². The van der Waals surface area contributed by atoms with E-state index in [-0.39, 0.29) is 6.10 Å². The van der Waals surface area contributed by atoms with Crippen LogP contribution < -0.4 is 5.73 Å². The summed E-state index contributed by atoms with van der Waals surface area (Å²) in [6.45, 7) is 0. The van der Waals surface area contributed by atoms with Crippen molar-refractivity contribution in [3.05, 3.63) is 33.8 Å². The minimum Gasteiger partial charge on any atom is -0.442 e. The Morgan fingerprint density at radius 2 is 2.33 bits per heavy atom. The lowest BCUT2D eigenvalue weighted by atomic mass is 9.89. The molecule has 0 saturated carbocycles. The van der Waals surface area contributed by atoms with Crippen LogP contribution in [0.4, 0.5) is 4.79 Å². The van der Waals surface area contributed by atoms with Gasteiger partial charge in [0, 0.05) is 4.47 Å². The topological polar surface area (TPSA) is 52.3 Å². The van der Waals surface area contributed by atoms with Gasteiger partial charge in [-0.2, -0.15) is 0 Å². The summed E-state index contributed by atoms with van der Waals surface area (Å²) in [5.41, 5.74) is 7.37. The standard InChI is InChI=1S/C11H12BrNO2/c12-8-5-4-7-2-1-3-10(9(7)6-8)15-11(13)14/h4-6,10H,1-3H2,(H2,13,14). The Morgan fingerprint density at radius 3 is 3.07 bits per heavy atom. The van der Waals surface area contributed by atoms with E-state index in [0.717, 1.165) is 29.3 Å². The number of fused-ring (bicyclic) bond motifs is 1. The molecule has 80 valence electrons. The Balaban J connectivity index is 2.32. The van der Waals surface area contributed by atoms with E-state index < -0.39 is 6.09 Å². The highest BCUT2D eigenvalue weighted by molar-refractivity contribution is 9.10. The molecule has 2 rings (SSSR count). The summed E-state index contributed by atoms with van der Waals surface area (Å²) in [4.78, 5) is 10.8. The van der Waals surface area contributed by atoms with Crippen LogP contribution in [-0.4, -0.2) is 6.09 Å². The van der Waals surface area contributed by atoms with Crippen molar-refractivity contribution in [1.29, 1.82) is 0 Å². The van der Waals surface area contributed by atoms with Crippen molar-refractivity contribution in [2.45, 2.75) is 25.4 Å². The Hall–Kier alpha value is -1.03. The van der Waals surface area contributed by atoms with Gasteiger partial charge in [0.1, 0.15) is 6.10 Å². The number of hydrogen-bond acceptors (Lipinski definition) is 2. The number of amides is 1. The van der Waals surface area contributed by atoms with Gasteiger partial charge in [-0.1, -0.05) is 22.0 Å². The second-order valence-electron chi connectivity index (χ2n) is 3.66. The maximum absolute atomic E-state index is 10.8. The third kappa shape index (κ3) is 2.31. The Morgan fingerprint density at radius 1 is 1.53 bits per heavy atom. The first-order valence-corrected chi connectivity index (χ1v) is 5.70. The molecule has 1 unspecified atom stereocenters. The van der Waals surface area contributed by atoms with Gasteiger partial charge in [-0.25, -0.2) is 4.79 Å². The number of ether oxygens (including phenoxy) is 1. The number of carbonyl (C=O) groups excluding carboxylic acids is 1. The maximum atomic E-state index is 10.8. The van der Waals surface area contributed by atoms with E-state index in [2.05, 4.69) is 22.0 Å². The van der Waals surface area contributed by atoms with Crippen LogP contribution in [0.2, 0.25) is 0 Å². The minimum atomic E-state index is -0.701. The van der Waals surface area contributed by atoms with Crippen LogP contribution in [0, 0.1) is 0 Å². The number of hydrogen-bond donors (Lipinski definition) is 1. The highest BCUT2D eigenvalue weighted by Gasteiger charge is 2.22. The molecule has 2 N–H and O–H groups in total. The minimum absolute atomic E-state index is 0.177. The fourth-order valence-electron chi connectivity index (χ4n) is 1.99. The van der Waals surface area contributed by atoms with Gasteiger partial charge < -0.3 is 10.5 Å². The summed E-state index contributed by atoms with van der Waals surface area (Å²) in [5.74, 6) is 0. The zero-order chi connectivity index (χ0) is 10.8. The molecule has 0 fully saturated rings. The molecule has 1 aromatic carbocycles. The first-order valence-electron chi connectivity index (χ1n) is 4.91. The highest BCUT2D eigenvalue weighted by Crippen LogP contribution is 2.34. The predicted octanol–water partition coefficient (Wildman–Crippen LogP) is 2.92. The van der Waals surface area contributed by atoms with Crippen LogP contribution in [0.15, 0.2) is 22.7 Å². The normalized spacial score (nSPS) is 19.4. The third-order valence-corrected chi connectivity index (χ3v) is 3.12. The van der Waals surface area contributed by atoms with E-state index in [1.165, 1.54) is 5.56 Å². The number of nitrogens with two attached hydrogens (primary N) is 1. The predicted molar refractivity (Wildman–Crippen MR) is 60.5 cm³/mol. The molecule has 0 bridgehead atoms. The fourth-order valence-corrected chi connectivity index (χ4v) is 2.37. The molecule has 1 amide bonds. The quantitative estimate of drug-likeness (QED) is 0.853. The maximum Gasteiger partial charge on any atom is 0.405 e. The van der Waals surface area contributed by atoms with Crippen molar-refractivity contribution in [2.75, 3.05) is 0 Å². The van der Waals surface area contributed by atoms with E-state index in [1.807, 2.05) is 12.1 Å². The van der Waals surface area contributed by atoms with Crippen LogP contribution in [0.5, 0.6) is 0 Å². The molecule has 0 aromatic heterocycles. The molecular formula is C11H12BrNO2. The summed E-state index contributed by atoms with van der Waals surface area (Å²) < 4.78 is 6.09. The number of primary amides is 1. The number of rotatable bonds is 1. The highest BCUT2D eigenvalue weighted by atomic mass is 79.9. The number of carbonyl (C=O) groups is 1. The second kappa shape index (κ2) is 4.23. The summed E-state index contributed by atoms with van der Waals surface area (Å²) in [6, 6.07) is 6.07. The average molecular weight is 270 g/mol. The molecule has 1 aromatic rings. The van der Waals surface area contributed by atoms with E-state index in [1.54, 1.807) is 0 Å². The molecule has 0 spiro atoms. The number of halogens is 1. The Labute approximate surface area is 96.7 Å².